The summed E-state index contributed by atoms with van der Waals surface area (Å²) in [6.07, 6.45) is -16.2. The zero-order valence-corrected chi connectivity index (χ0v) is 21.9. The van der Waals surface area contributed by atoms with Gasteiger partial charge in [0.15, 0.2) is 12.1 Å². The molecule has 2 aromatic carbocycles. The Bertz CT molecular complexity index is 1470. The first-order chi connectivity index (χ1) is 19.9. The third-order valence-corrected chi connectivity index (χ3v) is 7.20. The van der Waals surface area contributed by atoms with Gasteiger partial charge < -0.3 is 69.3 Å². The van der Waals surface area contributed by atoms with E-state index >= 15 is 0 Å². The highest BCUT2D eigenvalue weighted by atomic mass is 16.7. The minimum atomic E-state index is -1.92. The number of phenols is 3. The molecule has 0 amide bonds. The van der Waals surface area contributed by atoms with E-state index in [4.69, 9.17) is 23.4 Å². The van der Waals surface area contributed by atoms with E-state index in [9.17, 15) is 50.8 Å². The number of rotatable bonds is 6. The van der Waals surface area contributed by atoms with E-state index < -0.39 is 90.7 Å². The Morgan fingerprint density at radius 3 is 2.17 bits per heavy atom. The van der Waals surface area contributed by atoms with Crippen molar-refractivity contribution in [1.29, 1.82) is 0 Å². The summed E-state index contributed by atoms with van der Waals surface area (Å²) in [6, 6.07) is 7.32. The van der Waals surface area contributed by atoms with Gasteiger partial charge >= 0.3 is 0 Å². The molecular formula is C27H30O15. The maximum Gasteiger partial charge on any atom is 0.239 e. The van der Waals surface area contributed by atoms with Crippen molar-refractivity contribution in [3.8, 4) is 34.3 Å². The predicted octanol–water partition coefficient (Wildman–Crippen LogP) is -1.39. The Kier molecular flexibility index (Phi) is 8.30. The molecule has 2 aliphatic heterocycles. The average Bonchev–Trinajstić information content (AvgIpc) is 2.95. The van der Waals surface area contributed by atoms with Crippen molar-refractivity contribution in [3.63, 3.8) is 0 Å². The number of phenolic OH excluding ortho intramolecular Hbond substituents is 3. The first-order valence-electron chi connectivity index (χ1n) is 12.9. The van der Waals surface area contributed by atoms with E-state index in [1.807, 2.05) is 0 Å². The lowest BCUT2D eigenvalue weighted by Gasteiger charge is -2.45. The lowest BCUT2D eigenvalue weighted by atomic mass is 9.97. The molecule has 2 fully saturated rings. The van der Waals surface area contributed by atoms with Gasteiger partial charge in [-0.05, 0) is 31.2 Å². The summed E-state index contributed by atoms with van der Waals surface area (Å²) in [4.78, 5) is 13.6. The normalized spacial score (nSPS) is 33.5. The second-order valence-electron chi connectivity index (χ2n) is 10.1. The number of hydrogen-bond donors (Lipinski definition) is 9. The molecule has 5 rings (SSSR count). The van der Waals surface area contributed by atoms with Gasteiger partial charge in [0.05, 0.1) is 12.7 Å². The lowest BCUT2D eigenvalue weighted by molar-refractivity contribution is -0.349. The van der Waals surface area contributed by atoms with Crippen LogP contribution in [-0.4, -0.2) is 114 Å². The van der Waals surface area contributed by atoms with Gasteiger partial charge in [-0.25, -0.2) is 0 Å². The van der Waals surface area contributed by atoms with Gasteiger partial charge in [-0.2, -0.15) is 0 Å². The van der Waals surface area contributed by atoms with Gasteiger partial charge in [0.25, 0.3) is 0 Å². The summed E-state index contributed by atoms with van der Waals surface area (Å²) < 4.78 is 28.1. The van der Waals surface area contributed by atoms with E-state index in [-0.39, 0.29) is 28.0 Å². The third-order valence-electron chi connectivity index (χ3n) is 7.20. The Morgan fingerprint density at radius 2 is 1.50 bits per heavy atom. The minimum absolute atomic E-state index is 0.107. The molecular weight excluding hydrogens is 564 g/mol. The number of hydrogen-bond acceptors (Lipinski definition) is 15. The summed E-state index contributed by atoms with van der Waals surface area (Å²) in [5.74, 6) is -2.00. The molecule has 3 heterocycles. The fourth-order valence-corrected chi connectivity index (χ4v) is 4.89. The number of fused-ring (bicyclic) bond motifs is 1. The van der Waals surface area contributed by atoms with Crippen LogP contribution in [-0.2, 0) is 14.2 Å². The lowest BCUT2D eigenvalue weighted by Crippen LogP contribution is -2.64. The maximum atomic E-state index is 13.6. The topological polar surface area (TPSA) is 249 Å². The van der Waals surface area contributed by atoms with Crippen molar-refractivity contribution < 1.29 is 69.3 Å². The Hall–Kier alpha value is -3.51. The first-order valence-corrected chi connectivity index (χ1v) is 12.9. The van der Waals surface area contributed by atoms with Crippen LogP contribution in [0.5, 0.6) is 23.0 Å². The van der Waals surface area contributed by atoms with E-state index in [2.05, 4.69) is 0 Å². The zero-order valence-electron chi connectivity index (χ0n) is 21.9. The minimum Gasteiger partial charge on any atom is -0.508 e. The number of aromatic hydroxyl groups is 3. The second-order valence-corrected chi connectivity index (χ2v) is 10.1. The van der Waals surface area contributed by atoms with Gasteiger partial charge in [-0.3, -0.25) is 4.79 Å². The van der Waals surface area contributed by atoms with Crippen LogP contribution < -0.4 is 10.2 Å². The van der Waals surface area contributed by atoms with E-state index in [1.165, 1.54) is 31.2 Å². The molecule has 15 heteroatoms. The van der Waals surface area contributed by atoms with Gasteiger partial charge in [0, 0.05) is 17.7 Å². The van der Waals surface area contributed by atoms with Crippen LogP contribution in [0.3, 0.4) is 0 Å². The maximum absolute atomic E-state index is 13.6. The first kappa shape index (κ1) is 30.0. The Balaban J connectivity index is 1.54. The van der Waals surface area contributed by atoms with Crippen molar-refractivity contribution >= 4 is 11.0 Å². The van der Waals surface area contributed by atoms with Gasteiger partial charge in [0.2, 0.25) is 17.5 Å². The number of aliphatic hydroxyl groups excluding tert-OH is 6. The molecule has 2 aliphatic rings. The van der Waals surface area contributed by atoms with Crippen LogP contribution in [0.2, 0.25) is 0 Å². The molecule has 0 saturated carbocycles. The second kappa shape index (κ2) is 11.6. The monoisotopic (exact) mass is 594 g/mol. The highest BCUT2D eigenvalue weighted by molar-refractivity contribution is 5.88. The molecule has 10 atom stereocenters. The van der Waals surface area contributed by atoms with Gasteiger partial charge in [-0.15, -0.1) is 0 Å². The highest BCUT2D eigenvalue weighted by Crippen LogP contribution is 2.38. The van der Waals surface area contributed by atoms with Crippen LogP contribution in [0.1, 0.15) is 6.92 Å². The summed E-state index contributed by atoms with van der Waals surface area (Å²) in [5, 5.41) is 91.9. The van der Waals surface area contributed by atoms with E-state index in [0.717, 1.165) is 12.1 Å². The summed E-state index contributed by atoms with van der Waals surface area (Å²) in [5.41, 5.74) is -0.975. The quantitative estimate of drug-likeness (QED) is 0.159. The highest BCUT2D eigenvalue weighted by Gasteiger charge is 2.51. The molecule has 228 valence electrons. The number of aliphatic hydroxyl groups is 6. The summed E-state index contributed by atoms with van der Waals surface area (Å²) in [7, 11) is 0. The summed E-state index contributed by atoms with van der Waals surface area (Å²) >= 11 is 0. The molecule has 42 heavy (non-hydrogen) atoms. The van der Waals surface area contributed by atoms with Crippen molar-refractivity contribution in [2.75, 3.05) is 6.61 Å². The zero-order chi connectivity index (χ0) is 30.5. The van der Waals surface area contributed by atoms with Crippen LogP contribution in [0, 0.1) is 0 Å². The molecule has 3 aromatic rings. The van der Waals surface area contributed by atoms with E-state index in [1.54, 1.807) is 0 Å². The molecule has 2 saturated heterocycles. The molecule has 9 N–H and O–H groups in total. The number of benzene rings is 2. The molecule has 15 nitrogen and oxygen atoms in total. The fourth-order valence-electron chi connectivity index (χ4n) is 4.89. The molecule has 1 aromatic heterocycles. The van der Waals surface area contributed by atoms with Gasteiger partial charge in [-0.1, -0.05) is 0 Å². The number of ether oxygens (including phenoxy) is 4. The standard InChI is InChI=1S/C27H30O15/c1-9-17(32)20(35)21(36)26(38-9)41-24-18(33)15(8-28)40-27(22(24)37)42-25-19(34)16-13(31)6-12(30)7-14(16)39-23(25)10-2-4-11(29)5-3-10/h2-7,9,15,17-18,20-22,24,26-33,35-37H,8H2,1H3/t9?,15?,17-,18+,20?,21-,22?,24?,26-,27-/m0/s1. The molecule has 0 aliphatic carbocycles. The predicted molar refractivity (Wildman–Crippen MR) is 139 cm³/mol. The molecule has 0 bridgehead atoms. The Morgan fingerprint density at radius 1 is 0.810 bits per heavy atom. The average molecular weight is 595 g/mol. The SMILES string of the molecule is CC1O[C@@H](OC2C(O)[C@H](Oc3c(-c4ccc(O)cc4)oc4cc(O)cc(O)c4c3=O)OC(CO)[C@H]2O)[C@@H](O)C(O)[C@H]1O. The third kappa shape index (κ3) is 5.37. The van der Waals surface area contributed by atoms with Crippen LogP contribution in [0.15, 0.2) is 45.6 Å². The van der Waals surface area contributed by atoms with Crippen LogP contribution in [0.4, 0.5) is 0 Å². The van der Waals surface area contributed by atoms with E-state index in [0.29, 0.717) is 0 Å². The molecule has 0 radical (unpaired) electrons. The molecule has 0 spiro atoms. The Labute approximate surface area is 236 Å². The fraction of sp³-hybridized carbons (Fsp3) is 0.444. The van der Waals surface area contributed by atoms with Crippen molar-refractivity contribution in [3.05, 3.63) is 46.6 Å². The largest absolute Gasteiger partial charge is 0.508 e. The summed E-state index contributed by atoms with van der Waals surface area (Å²) in [6.45, 7) is 0.588. The van der Waals surface area contributed by atoms with Crippen LogP contribution >= 0.6 is 0 Å². The van der Waals surface area contributed by atoms with Crippen molar-refractivity contribution in [1.82, 2.24) is 0 Å². The van der Waals surface area contributed by atoms with Crippen molar-refractivity contribution in [2.24, 2.45) is 0 Å². The smallest absolute Gasteiger partial charge is 0.239 e. The van der Waals surface area contributed by atoms with Crippen LogP contribution in [0.25, 0.3) is 22.3 Å². The molecule has 5 unspecified atom stereocenters. The van der Waals surface area contributed by atoms with Crippen molar-refractivity contribution in [2.45, 2.75) is 68.3 Å². The van der Waals surface area contributed by atoms with Gasteiger partial charge in [0.1, 0.15) is 70.9 Å².